The number of carbonyl (C=O) groups is 1. The van der Waals surface area contributed by atoms with Crippen LogP contribution in [-0.4, -0.2) is 66.2 Å². The molecular weight excluding hydrogens is 394 g/mol. The first-order valence-corrected chi connectivity index (χ1v) is 9.52. The van der Waals surface area contributed by atoms with Gasteiger partial charge in [-0.1, -0.05) is 11.6 Å². The van der Waals surface area contributed by atoms with E-state index in [0.29, 0.717) is 37.1 Å². The van der Waals surface area contributed by atoms with E-state index in [2.05, 4.69) is 19.9 Å². The number of piperazine rings is 1. The van der Waals surface area contributed by atoms with Crippen molar-refractivity contribution in [1.29, 1.82) is 0 Å². The van der Waals surface area contributed by atoms with Gasteiger partial charge in [0.1, 0.15) is 5.69 Å². The quantitative estimate of drug-likeness (QED) is 0.650. The van der Waals surface area contributed by atoms with Crippen LogP contribution in [-0.2, 0) is 0 Å². The number of hydrogen-bond donors (Lipinski definition) is 0. The van der Waals surface area contributed by atoms with Gasteiger partial charge in [0.15, 0.2) is 0 Å². The number of anilines is 1. The summed E-state index contributed by atoms with van der Waals surface area (Å²) >= 11 is 6.09. The zero-order valence-corrected chi connectivity index (χ0v) is 16.9. The maximum absolute atomic E-state index is 12.9. The van der Waals surface area contributed by atoms with Crippen LogP contribution in [0.5, 0.6) is 11.9 Å². The average Bonchev–Trinajstić information content (AvgIpc) is 2.77. The van der Waals surface area contributed by atoms with E-state index in [1.165, 1.54) is 20.3 Å². The first-order chi connectivity index (χ1) is 14.1. The lowest BCUT2D eigenvalue weighted by molar-refractivity contribution is 0.0739. The first kappa shape index (κ1) is 19.2. The minimum absolute atomic E-state index is 0.105. The van der Waals surface area contributed by atoms with Gasteiger partial charge in [0.05, 0.1) is 19.7 Å². The van der Waals surface area contributed by atoms with Crippen molar-refractivity contribution in [3.05, 3.63) is 47.2 Å². The van der Waals surface area contributed by atoms with Gasteiger partial charge in [-0.25, -0.2) is 0 Å². The second-order valence-electron chi connectivity index (χ2n) is 6.55. The van der Waals surface area contributed by atoms with Crippen molar-refractivity contribution in [1.82, 2.24) is 19.9 Å². The average molecular weight is 414 g/mol. The third kappa shape index (κ3) is 3.88. The predicted molar refractivity (Wildman–Crippen MR) is 110 cm³/mol. The fourth-order valence-electron chi connectivity index (χ4n) is 3.40. The number of pyridine rings is 1. The van der Waals surface area contributed by atoms with E-state index in [1.807, 2.05) is 24.3 Å². The van der Waals surface area contributed by atoms with Crippen molar-refractivity contribution in [3.8, 4) is 11.9 Å². The van der Waals surface area contributed by atoms with Crippen LogP contribution < -0.4 is 14.4 Å². The van der Waals surface area contributed by atoms with Crippen molar-refractivity contribution >= 4 is 34.1 Å². The number of benzene rings is 1. The Morgan fingerprint density at radius 3 is 2.55 bits per heavy atom. The van der Waals surface area contributed by atoms with E-state index in [0.717, 1.165) is 16.6 Å². The third-order valence-corrected chi connectivity index (χ3v) is 5.12. The zero-order chi connectivity index (χ0) is 20.4. The Labute approximate surface area is 173 Å². The summed E-state index contributed by atoms with van der Waals surface area (Å²) in [5.74, 6) is 0.121. The molecule has 0 unspecified atom stereocenters. The smallest absolute Gasteiger partial charge is 0.320 e. The number of methoxy groups -OCH3 is 2. The molecule has 0 radical (unpaired) electrons. The van der Waals surface area contributed by atoms with Gasteiger partial charge in [-0.15, -0.1) is 0 Å². The van der Waals surface area contributed by atoms with Crippen molar-refractivity contribution in [2.75, 3.05) is 45.3 Å². The maximum Gasteiger partial charge on any atom is 0.320 e. The lowest BCUT2D eigenvalue weighted by Gasteiger charge is -2.36. The molecular formula is C20H20ClN5O3. The van der Waals surface area contributed by atoms with E-state index >= 15 is 0 Å². The molecule has 1 aliphatic heterocycles. The molecule has 0 N–H and O–H groups in total. The Balaban J connectivity index is 1.51. The van der Waals surface area contributed by atoms with Crippen LogP contribution in [0.25, 0.3) is 10.9 Å². The van der Waals surface area contributed by atoms with Gasteiger partial charge >= 0.3 is 6.01 Å². The summed E-state index contributed by atoms with van der Waals surface area (Å²) in [6.45, 7) is 2.55. The molecule has 8 nitrogen and oxygen atoms in total. The number of fused-ring (bicyclic) bond motifs is 1. The molecule has 3 aromatic rings. The highest BCUT2D eigenvalue weighted by atomic mass is 35.5. The molecule has 0 spiro atoms. The second kappa shape index (κ2) is 8.08. The molecule has 1 aliphatic rings. The van der Waals surface area contributed by atoms with Crippen LogP contribution in [0.2, 0.25) is 5.02 Å². The summed E-state index contributed by atoms with van der Waals surface area (Å²) in [5, 5.41) is 1.70. The topological polar surface area (TPSA) is 80.7 Å². The molecule has 3 heterocycles. The molecule has 0 saturated carbocycles. The van der Waals surface area contributed by atoms with Crippen LogP contribution in [0.1, 0.15) is 10.5 Å². The Hall–Kier alpha value is -3.13. The van der Waals surface area contributed by atoms with Crippen LogP contribution in [0.3, 0.4) is 0 Å². The summed E-state index contributed by atoms with van der Waals surface area (Å²) in [4.78, 5) is 29.5. The van der Waals surface area contributed by atoms with Gasteiger partial charge in [-0.3, -0.25) is 9.78 Å². The van der Waals surface area contributed by atoms with Gasteiger partial charge in [-0.2, -0.15) is 9.97 Å². The highest BCUT2D eigenvalue weighted by Gasteiger charge is 2.25. The molecule has 29 heavy (non-hydrogen) atoms. The number of rotatable bonds is 4. The van der Waals surface area contributed by atoms with Crippen LogP contribution in [0, 0.1) is 0 Å². The highest BCUT2D eigenvalue weighted by Crippen LogP contribution is 2.28. The van der Waals surface area contributed by atoms with E-state index in [9.17, 15) is 4.79 Å². The van der Waals surface area contributed by atoms with Gasteiger partial charge < -0.3 is 19.3 Å². The van der Waals surface area contributed by atoms with Crippen molar-refractivity contribution < 1.29 is 14.3 Å². The Bertz CT molecular complexity index is 1030. The zero-order valence-electron chi connectivity index (χ0n) is 16.1. The number of ether oxygens (including phenoxy) is 2. The summed E-state index contributed by atoms with van der Waals surface area (Å²) in [7, 11) is 2.94. The van der Waals surface area contributed by atoms with E-state index in [1.54, 1.807) is 11.1 Å². The van der Waals surface area contributed by atoms with E-state index in [4.69, 9.17) is 21.1 Å². The SMILES string of the molecule is COc1cc(C(=O)N2CCN(c3ccnc4cc(Cl)ccc34)CC2)nc(OC)n1. The first-order valence-electron chi connectivity index (χ1n) is 9.14. The molecule has 1 amide bonds. The Kier molecular flexibility index (Phi) is 5.35. The van der Waals surface area contributed by atoms with E-state index < -0.39 is 0 Å². The Morgan fingerprint density at radius 1 is 1.03 bits per heavy atom. The van der Waals surface area contributed by atoms with Gasteiger partial charge in [0.25, 0.3) is 5.91 Å². The van der Waals surface area contributed by atoms with Crippen LogP contribution in [0.15, 0.2) is 36.5 Å². The molecule has 150 valence electrons. The normalized spacial score (nSPS) is 14.2. The number of nitrogens with zero attached hydrogens (tertiary/aromatic N) is 5. The van der Waals surface area contributed by atoms with Gasteiger partial charge in [0, 0.05) is 54.5 Å². The lowest BCUT2D eigenvalue weighted by Crippen LogP contribution is -2.49. The largest absolute Gasteiger partial charge is 0.481 e. The standard InChI is InChI=1S/C20H20ClN5O3/c1-28-18-12-16(23-20(24-18)29-2)19(27)26-9-7-25(8-10-26)17-5-6-22-15-11-13(21)3-4-14(15)17/h3-6,11-12H,7-10H2,1-2H3. The third-order valence-electron chi connectivity index (χ3n) is 4.88. The summed E-state index contributed by atoms with van der Waals surface area (Å²) < 4.78 is 10.2. The molecule has 2 aromatic heterocycles. The van der Waals surface area contributed by atoms with Crippen LogP contribution >= 0.6 is 11.6 Å². The molecule has 1 aromatic carbocycles. The fraction of sp³-hybridized carbons (Fsp3) is 0.300. The maximum atomic E-state index is 12.9. The second-order valence-corrected chi connectivity index (χ2v) is 6.99. The summed E-state index contributed by atoms with van der Waals surface area (Å²) in [6, 6.07) is 9.33. The Morgan fingerprint density at radius 2 is 1.83 bits per heavy atom. The minimum Gasteiger partial charge on any atom is -0.481 e. The molecule has 1 saturated heterocycles. The van der Waals surface area contributed by atoms with Crippen molar-refractivity contribution in [2.45, 2.75) is 0 Å². The lowest BCUT2D eigenvalue weighted by atomic mass is 10.1. The molecule has 0 bridgehead atoms. The molecule has 4 rings (SSSR count). The van der Waals surface area contributed by atoms with Crippen LogP contribution in [0.4, 0.5) is 5.69 Å². The molecule has 0 atom stereocenters. The number of halogens is 1. The van der Waals surface area contributed by atoms with E-state index in [-0.39, 0.29) is 17.6 Å². The predicted octanol–water partition coefficient (Wildman–Crippen LogP) is 2.66. The summed E-state index contributed by atoms with van der Waals surface area (Å²) in [6.07, 6.45) is 1.78. The highest BCUT2D eigenvalue weighted by molar-refractivity contribution is 6.31. The number of aromatic nitrogens is 3. The van der Waals surface area contributed by atoms with Crippen molar-refractivity contribution in [2.24, 2.45) is 0 Å². The number of carbonyl (C=O) groups excluding carboxylic acids is 1. The number of hydrogen-bond acceptors (Lipinski definition) is 7. The molecule has 0 aliphatic carbocycles. The number of amides is 1. The van der Waals surface area contributed by atoms with Gasteiger partial charge in [-0.05, 0) is 24.3 Å². The van der Waals surface area contributed by atoms with Crippen molar-refractivity contribution in [3.63, 3.8) is 0 Å². The fourth-order valence-corrected chi connectivity index (χ4v) is 3.57. The minimum atomic E-state index is -0.171. The van der Waals surface area contributed by atoms with Gasteiger partial charge in [0.2, 0.25) is 5.88 Å². The monoisotopic (exact) mass is 413 g/mol. The molecule has 9 heteroatoms. The molecule has 1 fully saturated rings. The summed E-state index contributed by atoms with van der Waals surface area (Å²) in [5.41, 5.74) is 2.20.